The second-order valence-electron chi connectivity index (χ2n) is 9.96. The summed E-state index contributed by atoms with van der Waals surface area (Å²) < 4.78 is 5.49. The number of aromatic amines is 1. The smallest absolute Gasteiger partial charge is 0.339 e. The van der Waals surface area contributed by atoms with E-state index < -0.39 is 5.97 Å². The summed E-state index contributed by atoms with van der Waals surface area (Å²) in [6.45, 7) is 6.30. The highest BCUT2D eigenvalue weighted by atomic mass is 16.5. The van der Waals surface area contributed by atoms with Gasteiger partial charge in [0, 0.05) is 11.6 Å². The lowest BCUT2D eigenvalue weighted by molar-refractivity contribution is 0.0474. The second-order valence-corrected chi connectivity index (χ2v) is 9.96. The highest BCUT2D eigenvalue weighted by Crippen LogP contribution is 2.38. The summed E-state index contributed by atoms with van der Waals surface area (Å²) >= 11 is 0. The zero-order chi connectivity index (χ0) is 24.6. The van der Waals surface area contributed by atoms with Gasteiger partial charge >= 0.3 is 5.97 Å². The molecule has 0 fully saturated rings. The molecule has 4 aromatic rings. The van der Waals surface area contributed by atoms with Crippen molar-refractivity contribution in [1.29, 1.82) is 0 Å². The van der Waals surface area contributed by atoms with Crippen molar-refractivity contribution in [3.05, 3.63) is 101 Å². The summed E-state index contributed by atoms with van der Waals surface area (Å²) in [5.41, 5.74) is 7.00. The molecule has 0 spiro atoms. The van der Waals surface area contributed by atoms with E-state index in [1.165, 1.54) is 5.56 Å². The van der Waals surface area contributed by atoms with E-state index in [2.05, 4.69) is 56.1 Å². The quantitative estimate of drug-likeness (QED) is 0.274. The first-order valence-corrected chi connectivity index (χ1v) is 11.9. The number of allylic oxidation sites excluding steroid dienone is 1. The summed E-state index contributed by atoms with van der Waals surface area (Å²) in [6, 6.07) is 19.6. The predicted octanol–water partition coefficient (Wildman–Crippen LogP) is 6.39. The molecule has 2 aromatic carbocycles. The van der Waals surface area contributed by atoms with Crippen molar-refractivity contribution in [3.8, 4) is 0 Å². The number of Topliss-reactive ketones (excluding diaryl/α,β-unsaturated/α-hetero) is 1. The minimum Gasteiger partial charge on any atom is -0.454 e. The van der Waals surface area contributed by atoms with E-state index >= 15 is 0 Å². The number of pyridine rings is 1. The molecule has 0 saturated heterocycles. The van der Waals surface area contributed by atoms with E-state index in [9.17, 15) is 9.59 Å². The van der Waals surface area contributed by atoms with Crippen LogP contribution in [-0.4, -0.2) is 28.3 Å². The summed E-state index contributed by atoms with van der Waals surface area (Å²) in [5, 5.41) is 0.749. The van der Waals surface area contributed by atoms with E-state index in [1.54, 1.807) is 18.3 Å². The Kier molecular flexibility index (Phi) is 5.85. The molecule has 1 aliphatic rings. The van der Waals surface area contributed by atoms with Gasteiger partial charge in [-0.25, -0.2) is 9.78 Å². The van der Waals surface area contributed by atoms with Gasteiger partial charge in [0.15, 0.2) is 6.61 Å². The predicted molar refractivity (Wildman–Crippen MR) is 138 cm³/mol. The fraction of sp³-hybridized carbons (Fsp3) is 0.233. The van der Waals surface area contributed by atoms with Crippen molar-refractivity contribution in [2.24, 2.45) is 0 Å². The molecular formula is C30H28N2O3. The molecule has 1 N–H and O–H groups in total. The first-order valence-electron chi connectivity index (χ1n) is 11.9. The van der Waals surface area contributed by atoms with Crippen LogP contribution in [0.15, 0.2) is 66.9 Å². The highest BCUT2D eigenvalue weighted by molar-refractivity contribution is 6.08. The van der Waals surface area contributed by atoms with Gasteiger partial charge in [-0.15, -0.1) is 0 Å². The highest BCUT2D eigenvalue weighted by Gasteiger charge is 2.28. The summed E-state index contributed by atoms with van der Waals surface area (Å²) in [5.74, 6) is -0.756. The number of ether oxygens (including phenoxy) is 1. The van der Waals surface area contributed by atoms with Crippen LogP contribution in [0.2, 0.25) is 0 Å². The Morgan fingerprint density at radius 3 is 2.49 bits per heavy atom. The maximum Gasteiger partial charge on any atom is 0.339 e. The minimum atomic E-state index is -0.490. The first kappa shape index (κ1) is 22.8. The van der Waals surface area contributed by atoms with E-state index in [-0.39, 0.29) is 17.8 Å². The molecule has 176 valence electrons. The standard InChI is InChI=1S/C30H28N2O3/c1-30(2,3)21-13-10-19(11-14-21)17-20-12-15-23-27(22-7-4-5-8-24(22)32-28(20)23)29(34)35-18-26(33)25-9-6-16-31-25/h4-11,13-14,16-17,31H,12,15,18H2,1-3H3. The number of nitrogens with zero attached hydrogens (tertiary/aromatic N) is 1. The third-order valence-corrected chi connectivity index (χ3v) is 6.50. The number of esters is 1. The summed E-state index contributed by atoms with van der Waals surface area (Å²) in [7, 11) is 0. The molecule has 2 aromatic heterocycles. The van der Waals surface area contributed by atoms with Crippen LogP contribution in [0.1, 0.15) is 70.4 Å². The monoisotopic (exact) mass is 464 g/mol. The van der Waals surface area contributed by atoms with Gasteiger partial charge in [-0.2, -0.15) is 0 Å². The minimum absolute atomic E-state index is 0.101. The number of ketones is 1. The molecular weight excluding hydrogens is 436 g/mol. The van der Waals surface area contributed by atoms with Crippen LogP contribution in [0, 0.1) is 0 Å². The van der Waals surface area contributed by atoms with Crippen molar-refractivity contribution in [2.75, 3.05) is 6.61 Å². The average molecular weight is 465 g/mol. The molecule has 0 radical (unpaired) electrons. The maximum absolute atomic E-state index is 13.3. The normalized spacial score (nSPS) is 14.3. The molecule has 5 rings (SSSR count). The maximum atomic E-state index is 13.3. The number of carbonyl (C=O) groups is 2. The molecule has 0 atom stereocenters. The van der Waals surface area contributed by atoms with Gasteiger partial charge in [0.1, 0.15) is 0 Å². The van der Waals surface area contributed by atoms with Gasteiger partial charge < -0.3 is 9.72 Å². The molecule has 0 saturated carbocycles. The fourth-order valence-electron chi connectivity index (χ4n) is 4.58. The van der Waals surface area contributed by atoms with E-state index in [0.717, 1.165) is 39.7 Å². The van der Waals surface area contributed by atoms with Crippen molar-refractivity contribution in [1.82, 2.24) is 9.97 Å². The molecule has 0 amide bonds. The number of hydrogen-bond donors (Lipinski definition) is 1. The van der Waals surface area contributed by atoms with Gasteiger partial charge in [0.25, 0.3) is 0 Å². The Bertz CT molecular complexity index is 1440. The van der Waals surface area contributed by atoms with Crippen molar-refractivity contribution in [3.63, 3.8) is 0 Å². The van der Waals surface area contributed by atoms with Crippen LogP contribution in [0.5, 0.6) is 0 Å². The molecule has 5 heteroatoms. The Labute approximate surface area is 204 Å². The number of carbonyl (C=O) groups excluding carboxylic acids is 2. The molecule has 0 bridgehead atoms. The number of hydrogen-bond acceptors (Lipinski definition) is 4. The third-order valence-electron chi connectivity index (χ3n) is 6.50. The second kappa shape index (κ2) is 8.99. The average Bonchev–Trinajstić information content (AvgIpc) is 3.51. The molecule has 1 aliphatic carbocycles. The van der Waals surface area contributed by atoms with E-state index in [1.807, 2.05) is 24.3 Å². The van der Waals surface area contributed by atoms with Crippen LogP contribution in [0.3, 0.4) is 0 Å². The Morgan fingerprint density at radius 1 is 1.00 bits per heavy atom. The number of aromatic nitrogens is 2. The van der Waals surface area contributed by atoms with Gasteiger partial charge in [-0.05, 0) is 64.8 Å². The van der Waals surface area contributed by atoms with Crippen LogP contribution >= 0.6 is 0 Å². The van der Waals surface area contributed by atoms with Crippen LogP contribution in [-0.2, 0) is 16.6 Å². The lowest BCUT2D eigenvalue weighted by Gasteiger charge is -2.18. The number of para-hydroxylation sites is 1. The SMILES string of the molecule is CC(C)(C)c1ccc(C=C2CCc3c2nc2ccccc2c3C(=O)OCC(=O)c2ccc[nH]2)cc1. The van der Waals surface area contributed by atoms with Crippen molar-refractivity contribution < 1.29 is 14.3 Å². The third kappa shape index (κ3) is 4.54. The van der Waals surface area contributed by atoms with Gasteiger partial charge in [0.05, 0.1) is 22.5 Å². The van der Waals surface area contributed by atoms with Crippen molar-refractivity contribution in [2.45, 2.75) is 39.0 Å². The van der Waals surface area contributed by atoms with E-state index in [0.29, 0.717) is 17.7 Å². The lowest BCUT2D eigenvalue weighted by atomic mass is 9.86. The molecule has 35 heavy (non-hydrogen) atoms. The zero-order valence-electron chi connectivity index (χ0n) is 20.2. The number of nitrogens with one attached hydrogen (secondary N) is 1. The van der Waals surface area contributed by atoms with Crippen LogP contribution < -0.4 is 0 Å². The summed E-state index contributed by atoms with van der Waals surface area (Å²) in [6.07, 6.45) is 5.32. The fourth-order valence-corrected chi connectivity index (χ4v) is 4.58. The Morgan fingerprint density at radius 2 is 1.77 bits per heavy atom. The molecule has 0 aliphatic heterocycles. The number of benzene rings is 2. The van der Waals surface area contributed by atoms with Gasteiger partial charge in [-0.1, -0.05) is 63.2 Å². The number of H-pyrrole nitrogens is 1. The topological polar surface area (TPSA) is 72.0 Å². The largest absolute Gasteiger partial charge is 0.454 e. The molecule has 2 heterocycles. The first-order chi connectivity index (χ1) is 16.8. The zero-order valence-corrected chi connectivity index (χ0v) is 20.2. The lowest BCUT2D eigenvalue weighted by Crippen LogP contribution is -2.16. The van der Waals surface area contributed by atoms with Crippen LogP contribution in [0.25, 0.3) is 22.6 Å². The molecule has 0 unspecified atom stereocenters. The number of rotatable bonds is 5. The van der Waals surface area contributed by atoms with Gasteiger partial charge in [0.2, 0.25) is 5.78 Å². The summed E-state index contributed by atoms with van der Waals surface area (Å²) in [4.78, 5) is 33.4. The van der Waals surface area contributed by atoms with Crippen LogP contribution in [0.4, 0.5) is 0 Å². The van der Waals surface area contributed by atoms with Crippen molar-refractivity contribution >= 4 is 34.3 Å². The van der Waals surface area contributed by atoms with E-state index in [4.69, 9.17) is 9.72 Å². The number of fused-ring (bicyclic) bond motifs is 2. The molecule has 5 nitrogen and oxygen atoms in total. The Balaban J connectivity index is 1.49. The van der Waals surface area contributed by atoms with Gasteiger partial charge in [-0.3, -0.25) is 4.79 Å². The Hall–Kier alpha value is -3.99.